The van der Waals surface area contributed by atoms with Crippen molar-refractivity contribution in [3.05, 3.63) is 28.0 Å². The van der Waals surface area contributed by atoms with Crippen LogP contribution in [0.25, 0.3) is 0 Å². The molecule has 0 fully saturated rings. The van der Waals surface area contributed by atoms with E-state index in [1.54, 1.807) is 0 Å². The normalized spacial score (nSPS) is 10.9. The Hall–Kier alpha value is -2.62. The maximum absolute atomic E-state index is 12.6. The third kappa shape index (κ3) is 4.95. The van der Waals surface area contributed by atoms with E-state index in [1.165, 1.54) is 21.0 Å². The molecule has 10 heteroatoms. The lowest BCUT2D eigenvalue weighted by molar-refractivity contribution is -0.104. The largest absolute Gasteiger partial charge is 0.360 e. The first kappa shape index (κ1) is 19.4. The van der Waals surface area contributed by atoms with Crippen molar-refractivity contribution < 1.29 is 23.7 Å². The molecule has 1 aromatic rings. The lowest BCUT2D eigenvalue weighted by Crippen LogP contribution is -2.34. The molecule has 0 atom stereocenters. The maximum atomic E-state index is 12.6. The molecule has 1 rings (SSSR count). The summed E-state index contributed by atoms with van der Waals surface area (Å²) in [7, 11) is 2.89. The molecular formula is C14H18N4O5S. The minimum Gasteiger partial charge on any atom is -0.360 e. The second-order valence-corrected chi connectivity index (χ2v) is 5.53. The number of nitrogens with zero attached hydrogens (tertiary/aromatic N) is 1. The Morgan fingerprint density at radius 3 is 2.54 bits per heavy atom. The smallest absolute Gasteiger partial charge is 0.314 e. The summed E-state index contributed by atoms with van der Waals surface area (Å²) in [5.74, 6) is -0.561. The van der Waals surface area contributed by atoms with Gasteiger partial charge >= 0.3 is 6.03 Å². The number of ketones is 1. The summed E-state index contributed by atoms with van der Waals surface area (Å²) in [5, 5.41) is 10.9. The van der Waals surface area contributed by atoms with Crippen molar-refractivity contribution in [2.75, 3.05) is 26.4 Å². The first-order valence-electron chi connectivity index (χ1n) is 6.93. The van der Waals surface area contributed by atoms with Crippen LogP contribution in [0.15, 0.2) is 15.5 Å². The van der Waals surface area contributed by atoms with Gasteiger partial charge in [0.15, 0.2) is 5.69 Å². The summed E-state index contributed by atoms with van der Waals surface area (Å²) in [6.45, 7) is 1.79. The summed E-state index contributed by atoms with van der Waals surface area (Å²) in [5.41, 5.74) is -0.130. The molecule has 3 N–H and O–H groups in total. The van der Waals surface area contributed by atoms with Gasteiger partial charge in [-0.25, -0.2) is 4.79 Å². The molecule has 0 aromatic carbocycles. The number of urea groups is 1. The van der Waals surface area contributed by atoms with Crippen LogP contribution in [0.4, 0.5) is 4.79 Å². The number of aryl methyl sites for hydroxylation is 1. The van der Waals surface area contributed by atoms with Gasteiger partial charge in [-0.2, -0.15) is 0 Å². The Kier molecular flexibility index (Phi) is 7.69. The Morgan fingerprint density at radius 2 is 1.96 bits per heavy atom. The summed E-state index contributed by atoms with van der Waals surface area (Å²) >= 11 is 1.08. The van der Waals surface area contributed by atoms with E-state index in [0.717, 1.165) is 17.8 Å². The van der Waals surface area contributed by atoms with Gasteiger partial charge in [-0.3, -0.25) is 14.4 Å². The van der Waals surface area contributed by atoms with Crippen LogP contribution in [0.2, 0.25) is 0 Å². The van der Waals surface area contributed by atoms with Crippen molar-refractivity contribution in [1.82, 2.24) is 21.1 Å². The van der Waals surface area contributed by atoms with E-state index in [9.17, 15) is 19.2 Å². The van der Waals surface area contributed by atoms with E-state index in [4.69, 9.17) is 4.52 Å². The number of nitrogens with one attached hydrogen (secondary N) is 3. The molecule has 0 aliphatic heterocycles. The zero-order chi connectivity index (χ0) is 18.1. The highest BCUT2D eigenvalue weighted by Gasteiger charge is 2.27. The first-order chi connectivity index (χ1) is 11.5. The Balaban J connectivity index is 2.90. The van der Waals surface area contributed by atoms with Crippen LogP contribution >= 0.6 is 11.8 Å². The predicted octanol–water partition coefficient (Wildman–Crippen LogP) is 0.270. The fraction of sp³-hybridized carbons (Fsp3) is 0.357. The van der Waals surface area contributed by atoms with E-state index in [0.29, 0.717) is 18.6 Å². The van der Waals surface area contributed by atoms with E-state index < -0.39 is 11.7 Å². The van der Waals surface area contributed by atoms with E-state index >= 15 is 0 Å². The molecule has 0 spiro atoms. The summed E-state index contributed by atoms with van der Waals surface area (Å²) < 4.78 is 4.92. The molecular weight excluding hydrogens is 336 g/mol. The third-order valence-electron chi connectivity index (χ3n) is 2.85. The van der Waals surface area contributed by atoms with Gasteiger partial charge in [-0.15, -0.1) is 11.8 Å². The summed E-state index contributed by atoms with van der Waals surface area (Å²) in [6.07, 6.45) is 1.59. The molecule has 0 saturated heterocycles. The van der Waals surface area contributed by atoms with Crippen molar-refractivity contribution in [2.45, 2.75) is 6.92 Å². The van der Waals surface area contributed by atoms with Gasteiger partial charge < -0.3 is 20.5 Å². The standard InChI is InChI=1S/C14H18N4O5S/c1-8-10(11(18-23-8)13(21)15-2)12(20)9(4-6-19)24-7-5-17-14(22)16-3/h4,6H,5,7H2,1-3H3,(H,15,21)(H2,16,17,22)/b9-4+. The molecule has 3 amide bonds. The SMILES string of the molecule is CNC(=O)NCCS/C(=C/C=O)C(=O)c1c(C(=O)NC)noc1C. The average molecular weight is 354 g/mol. The third-order valence-corrected chi connectivity index (χ3v) is 3.89. The molecule has 0 unspecified atom stereocenters. The van der Waals surface area contributed by atoms with E-state index in [-0.39, 0.29) is 28.0 Å². The molecule has 0 aliphatic rings. The highest BCUT2D eigenvalue weighted by atomic mass is 32.2. The number of thioether (sulfide) groups is 1. The Labute approximate surface area is 142 Å². The maximum Gasteiger partial charge on any atom is 0.314 e. The number of allylic oxidation sites excluding steroid dienone is 2. The molecule has 0 bridgehead atoms. The Bertz CT molecular complexity index is 668. The number of carbonyl (C=O) groups excluding carboxylic acids is 4. The molecule has 9 nitrogen and oxygen atoms in total. The number of amides is 3. The molecule has 1 aromatic heterocycles. The van der Waals surface area contributed by atoms with Crippen LogP contribution in [-0.2, 0) is 4.79 Å². The van der Waals surface area contributed by atoms with E-state index in [1.807, 2.05) is 0 Å². The molecule has 0 radical (unpaired) electrons. The lowest BCUT2D eigenvalue weighted by atomic mass is 10.1. The van der Waals surface area contributed by atoms with Crippen LogP contribution in [0.1, 0.15) is 26.6 Å². The fourth-order valence-corrected chi connectivity index (χ4v) is 2.51. The Morgan fingerprint density at radius 1 is 1.25 bits per heavy atom. The topological polar surface area (TPSA) is 130 Å². The molecule has 0 aliphatic carbocycles. The average Bonchev–Trinajstić information content (AvgIpc) is 2.97. The number of carbonyl (C=O) groups is 4. The van der Waals surface area contributed by atoms with Gasteiger partial charge in [0.05, 0.1) is 10.5 Å². The lowest BCUT2D eigenvalue weighted by Gasteiger charge is -2.07. The monoisotopic (exact) mass is 354 g/mol. The van der Waals surface area contributed by atoms with Crippen molar-refractivity contribution in [3.63, 3.8) is 0 Å². The number of hydrogen-bond acceptors (Lipinski definition) is 7. The zero-order valence-electron chi connectivity index (χ0n) is 13.5. The number of aromatic nitrogens is 1. The summed E-state index contributed by atoms with van der Waals surface area (Å²) in [6, 6.07) is -0.348. The van der Waals surface area contributed by atoms with Crippen molar-refractivity contribution in [2.24, 2.45) is 0 Å². The van der Waals surface area contributed by atoms with Crippen LogP contribution in [-0.4, -0.2) is 55.6 Å². The van der Waals surface area contributed by atoms with Gasteiger partial charge in [0.2, 0.25) is 5.78 Å². The van der Waals surface area contributed by atoms with Crippen molar-refractivity contribution >= 4 is 35.8 Å². The number of Topliss-reactive ketones (excluding diaryl/α,β-unsaturated/α-hetero) is 1. The minimum atomic E-state index is -0.563. The van der Waals surface area contributed by atoms with Crippen LogP contribution in [0.3, 0.4) is 0 Å². The van der Waals surface area contributed by atoms with Gasteiger partial charge in [0, 0.05) is 26.4 Å². The highest BCUT2D eigenvalue weighted by Crippen LogP contribution is 2.24. The number of aldehydes is 1. The van der Waals surface area contributed by atoms with Gasteiger partial charge in [-0.1, -0.05) is 5.16 Å². The van der Waals surface area contributed by atoms with Crippen LogP contribution in [0, 0.1) is 6.92 Å². The molecule has 130 valence electrons. The van der Waals surface area contributed by atoms with Crippen LogP contribution < -0.4 is 16.0 Å². The number of hydrogen-bond donors (Lipinski definition) is 3. The molecule has 24 heavy (non-hydrogen) atoms. The molecule has 0 saturated carbocycles. The van der Waals surface area contributed by atoms with Crippen LogP contribution in [0.5, 0.6) is 0 Å². The minimum absolute atomic E-state index is 0.00853. The number of rotatable bonds is 8. The van der Waals surface area contributed by atoms with E-state index in [2.05, 4.69) is 21.1 Å². The van der Waals surface area contributed by atoms with Gasteiger partial charge in [0.25, 0.3) is 5.91 Å². The second kappa shape index (κ2) is 9.50. The molecule has 1 heterocycles. The quantitative estimate of drug-likeness (QED) is 0.264. The predicted molar refractivity (Wildman–Crippen MR) is 88.0 cm³/mol. The van der Waals surface area contributed by atoms with Gasteiger partial charge in [0.1, 0.15) is 12.0 Å². The zero-order valence-corrected chi connectivity index (χ0v) is 14.3. The summed E-state index contributed by atoms with van der Waals surface area (Å²) in [4.78, 5) is 46.4. The first-order valence-corrected chi connectivity index (χ1v) is 7.91. The van der Waals surface area contributed by atoms with Gasteiger partial charge in [-0.05, 0) is 13.0 Å². The van der Waals surface area contributed by atoms with Crippen molar-refractivity contribution in [3.8, 4) is 0 Å². The van der Waals surface area contributed by atoms with Crippen molar-refractivity contribution in [1.29, 1.82) is 0 Å². The highest BCUT2D eigenvalue weighted by molar-refractivity contribution is 8.04. The fourth-order valence-electron chi connectivity index (χ4n) is 1.70. The second-order valence-electron chi connectivity index (χ2n) is 4.39.